The van der Waals surface area contributed by atoms with Crippen LogP contribution in [0.25, 0.3) is 11.3 Å². The van der Waals surface area contributed by atoms with E-state index in [1.54, 1.807) is 29.2 Å². The molecule has 0 unspecified atom stereocenters. The van der Waals surface area contributed by atoms with Crippen LogP contribution >= 0.6 is 11.3 Å². The molecule has 0 saturated heterocycles. The van der Waals surface area contributed by atoms with E-state index in [0.717, 1.165) is 11.3 Å². The molecule has 2 aromatic carbocycles. The predicted octanol–water partition coefficient (Wildman–Crippen LogP) is 4.73. The number of halogens is 1. The van der Waals surface area contributed by atoms with Crippen LogP contribution in [0, 0.1) is 5.82 Å². The van der Waals surface area contributed by atoms with E-state index < -0.39 is 0 Å². The lowest BCUT2D eigenvalue weighted by Crippen LogP contribution is -2.13. The first-order chi connectivity index (χ1) is 13.8. The van der Waals surface area contributed by atoms with Crippen LogP contribution in [-0.2, 0) is 6.54 Å². The second-order valence-electron chi connectivity index (χ2n) is 6.00. The third-order valence-electron chi connectivity index (χ3n) is 4.07. The molecular formula is C22H17FN4S. The maximum absolute atomic E-state index is 14.4. The smallest absolute Gasteiger partial charge is 0.206 e. The van der Waals surface area contributed by atoms with Crippen LogP contribution in [0.5, 0.6) is 0 Å². The van der Waals surface area contributed by atoms with Gasteiger partial charge in [0, 0.05) is 17.1 Å². The van der Waals surface area contributed by atoms with Crippen molar-refractivity contribution in [1.29, 1.82) is 0 Å². The summed E-state index contributed by atoms with van der Waals surface area (Å²) in [5.41, 5.74) is 2.96. The SMILES string of the molecule is Fc1ccccc1-c1csc(=NCc2ccccc2)n1/N=C\c1ccccn1. The van der Waals surface area contributed by atoms with Crippen molar-refractivity contribution in [3.63, 3.8) is 0 Å². The van der Waals surface area contributed by atoms with E-state index in [1.807, 2.05) is 60.0 Å². The van der Waals surface area contributed by atoms with Crippen molar-refractivity contribution < 1.29 is 4.39 Å². The van der Waals surface area contributed by atoms with Crippen LogP contribution < -0.4 is 4.80 Å². The third-order valence-corrected chi connectivity index (χ3v) is 4.92. The highest BCUT2D eigenvalue weighted by Crippen LogP contribution is 2.23. The third kappa shape index (κ3) is 4.13. The lowest BCUT2D eigenvalue weighted by Gasteiger charge is -2.04. The van der Waals surface area contributed by atoms with Crippen molar-refractivity contribution in [2.24, 2.45) is 10.1 Å². The summed E-state index contributed by atoms with van der Waals surface area (Å²) in [4.78, 5) is 9.64. The van der Waals surface area contributed by atoms with Crippen LogP contribution in [-0.4, -0.2) is 15.9 Å². The molecule has 0 aliphatic carbocycles. The zero-order valence-electron chi connectivity index (χ0n) is 14.9. The molecule has 0 aliphatic rings. The Morgan fingerprint density at radius 2 is 1.75 bits per heavy atom. The Balaban J connectivity index is 1.78. The van der Waals surface area contributed by atoms with Crippen LogP contribution in [0.15, 0.2) is 94.5 Å². The van der Waals surface area contributed by atoms with E-state index in [4.69, 9.17) is 0 Å². The number of hydrogen-bond donors (Lipinski definition) is 0. The number of nitrogens with zero attached hydrogens (tertiary/aromatic N) is 4. The molecule has 6 heteroatoms. The van der Waals surface area contributed by atoms with Crippen molar-refractivity contribution in [2.75, 3.05) is 0 Å². The number of benzene rings is 2. The van der Waals surface area contributed by atoms with Gasteiger partial charge in [-0.1, -0.05) is 48.5 Å². The van der Waals surface area contributed by atoms with Crippen molar-refractivity contribution in [3.8, 4) is 11.3 Å². The summed E-state index contributed by atoms with van der Waals surface area (Å²) >= 11 is 1.43. The van der Waals surface area contributed by atoms with Gasteiger partial charge in [-0.3, -0.25) is 9.98 Å². The number of rotatable bonds is 5. The first-order valence-electron chi connectivity index (χ1n) is 8.76. The molecule has 0 amide bonds. The zero-order chi connectivity index (χ0) is 19.2. The number of aromatic nitrogens is 2. The summed E-state index contributed by atoms with van der Waals surface area (Å²) in [7, 11) is 0. The van der Waals surface area contributed by atoms with Gasteiger partial charge in [0.2, 0.25) is 4.80 Å². The van der Waals surface area contributed by atoms with E-state index in [0.29, 0.717) is 22.6 Å². The first-order valence-corrected chi connectivity index (χ1v) is 9.64. The quantitative estimate of drug-likeness (QED) is 0.456. The van der Waals surface area contributed by atoms with Gasteiger partial charge in [0.25, 0.3) is 0 Å². The molecule has 4 rings (SSSR count). The van der Waals surface area contributed by atoms with Gasteiger partial charge in [-0.05, 0) is 29.8 Å². The zero-order valence-corrected chi connectivity index (χ0v) is 15.8. The van der Waals surface area contributed by atoms with Crippen LogP contribution in [0.3, 0.4) is 0 Å². The van der Waals surface area contributed by atoms with Crippen molar-refractivity contribution in [2.45, 2.75) is 6.54 Å². The fraction of sp³-hybridized carbons (Fsp3) is 0.0455. The predicted molar refractivity (Wildman–Crippen MR) is 111 cm³/mol. The molecule has 0 N–H and O–H groups in total. The molecule has 0 spiro atoms. The molecular weight excluding hydrogens is 371 g/mol. The summed E-state index contributed by atoms with van der Waals surface area (Å²) in [5, 5.41) is 6.42. The Hall–Kier alpha value is -3.38. The normalized spacial score (nSPS) is 12.0. The Labute approximate surface area is 166 Å². The maximum atomic E-state index is 14.4. The number of thiazole rings is 1. The van der Waals surface area contributed by atoms with Crippen molar-refractivity contribution in [3.05, 3.63) is 106 Å². The van der Waals surface area contributed by atoms with Gasteiger partial charge in [0.1, 0.15) is 5.82 Å². The largest absolute Gasteiger partial charge is 0.255 e. The molecule has 28 heavy (non-hydrogen) atoms. The molecule has 0 saturated carbocycles. The summed E-state index contributed by atoms with van der Waals surface area (Å²) in [6.45, 7) is 0.525. The van der Waals surface area contributed by atoms with Gasteiger partial charge in [-0.2, -0.15) is 5.10 Å². The highest BCUT2D eigenvalue weighted by atomic mass is 32.1. The Bertz CT molecular complexity index is 1150. The lowest BCUT2D eigenvalue weighted by molar-refractivity contribution is 0.629. The van der Waals surface area contributed by atoms with E-state index >= 15 is 0 Å². The second kappa shape index (κ2) is 8.54. The highest BCUT2D eigenvalue weighted by Gasteiger charge is 2.11. The van der Waals surface area contributed by atoms with Crippen LogP contribution in [0.4, 0.5) is 4.39 Å². The molecule has 0 atom stereocenters. The highest BCUT2D eigenvalue weighted by molar-refractivity contribution is 7.07. The second-order valence-corrected chi connectivity index (χ2v) is 6.83. The molecule has 0 radical (unpaired) electrons. The molecule has 0 fully saturated rings. The van der Waals surface area contributed by atoms with E-state index in [9.17, 15) is 4.39 Å². The minimum atomic E-state index is -0.295. The Morgan fingerprint density at radius 1 is 0.964 bits per heavy atom. The summed E-state index contributed by atoms with van der Waals surface area (Å²) in [5.74, 6) is -0.295. The minimum Gasteiger partial charge on any atom is -0.255 e. The summed E-state index contributed by atoms with van der Waals surface area (Å²) < 4.78 is 16.0. The van der Waals surface area contributed by atoms with Gasteiger partial charge in [-0.15, -0.1) is 11.3 Å². The van der Waals surface area contributed by atoms with Gasteiger partial charge in [0.05, 0.1) is 24.1 Å². The van der Waals surface area contributed by atoms with Gasteiger partial charge < -0.3 is 0 Å². The van der Waals surface area contributed by atoms with E-state index in [1.165, 1.54) is 17.4 Å². The maximum Gasteiger partial charge on any atom is 0.206 e. The summed E-state index contributed by atoms with van der Waals surface area (Å²) in [6, 6.07) is 22.3. The van der Waals surface area contributed by atoms with Crippen molar-refractivity contribution >= 4 is 17.6 Å². The molecule has 4 nitrogen and oxygen atoms in total. The average Bonchev–Trinajstić information content (AvgIpc) is 3.15. The van der Waals surface area contributed by atoms with Gasteiger partial charge >= 0.3 is 0 Å². The monoisotopic (exact) mass is 388 g/mol. The standard InChI is InChI=1S/C22H17FN4S/c23-20-12-5-4-11-19(20)21-16-28-22(25-14-17-8-2-1-3-9-17)27(21)26-15-18-10-6-7-13-24-18/h1-13,15-16H,14H2/b25-22?,26-15-. The fourth-order valence-corrected chi connectivity index (χ4v) is 3.51. The first kappa shape index (κ1) is 18.0. The van der Waals surface area contributed by atoms with E-state index in [-0.39, 0.29) is 5.82 Å². The Kier molecular flexibility index (Phi) is 5.49. The fourth-order valence-electron chi connectivity index (χ4n) is 2.69. The molecule has 4 aromatic rings. The Morgan fingerprint density at radius 3 is 2.54 bits per heavy atom. The van der Waals surface area contributed by atoms with Gasteiger partial charge in [-0.25, -0.2) is 9.07 Å². The average molecular weight is 388 g/mol. The number of pyridine rings is 1. The van der Waals surface area contributed by atoms with E-state index in [2.05, 4.69) is 15.1 Å². The van der Waals surface area contributed by atoms with Crippen molar-refractivity contribution in [1.82, 2.24) is 9.66 Å². The lowest BCUT2D eigenvalue weighted by atomic mass is 10.1. The van der Waals surface area contributed by atoms with Crippen LogP contribution in [0.2, 0.25) is 0 Å². The minimum absolute atomic E-state index is 0.295. The van der Waals surface area contributed by atoms with Gasteiger partial charge in [0.15, 0.2) is 0 Å². The topological polar surface area (TPSA) is 42.5 Å². The molecule has 2 aromatic heterocycles. The van der Waals surface area contributed by atoms with Crippen LogP contribution in [0.1, 0.15) is 11.3 Å². The molecule has 0 bridgehead atoms. The molecule has 2 heterocycles. The molecule has 0 aliphatic heterocycles. The number of hydrogen-bond acceptors (Lipinski definition) is 4. The molecule has 138 valence electrons. The summed E-state index contributed by atoms with van der Waals surface area (Å²) in [6.07, 6.45) is 3.36.